The van der Waals surface area contributed by atoms with E-state index >= 15 is 0 Å². The number of para-hydroxylation sites is 3. The molecule has 4 nitrogen and oxygen atoms in total. The van der Waals surface area contributed by atoms with Crippen LogP contribution in [0.25, 0.3) is 60.7 Å². The lowest BCUT2D eigenvalue weighted by molar-refractivity contribution is -0.670. The fraction of sp³-hybridized carbons (Fsp3) is 0.0294. The number of hydrogen-bond acceptors (Lipinski definition) is 0. The van der Waals surface area contributed by atoms with Crippen molar-refractivity contribution in [2.45, 2.75) is 0 Å². The fourth-order valence-corrected chi connectivity index (χ4v) is 5.99. The first-order chi connectivity index (χ1) is 18.8. The van der Waals surface area contributed by atoms with Crippen LogP contribution in [0.1, 0.15) is 0 Å². The first-order valence-corrected chi connectivity index (χ1v) is 12.9. The topological polar surface area (TPSA) is 18.7 Å². The van der Waals surface area contributed by atoms with E-state index in [-0.39, 0.29) is 0 Å². The van der Waals surface area contributed by atoms with E-state index in [1.54, 1.807) is 0 Å². The smallest absolute Gasteiger partial charge is 0.248 e. The van der Waals surface area contributed by atoms with Crippen molar-refractivity contribution in [3.63, 3.8) is 0 Å². The zero-order valence-corrected chi connectivity index (χ0v) is 21.0. The van der Waals surface area contributed by atoms with Crippen LogP contribution in [0.5, 0.6) is 0 Å². The summed E-state index contributed by atoms with van der Waals surface area (Å²) < 4.78 is 9.10. The second-order valence-electron chi connectivity index (χ2n) is 9.90. The Balaban J connectivity index is 1.60. The summed E-state index contributed by atoms with van der Waals surface area (Å²) >= 11 is 0. The Morgan fingerprint density at radius 2 is 1.08 bits per heavy atom. The van der Waals surface area contributed by atoms with E-state index in [1.807, 2.05) is 0 Å². The average Bonchev–Trinajstić information content (AvgIpc) is 3.65. The van der Waals surface area contributed by atoms with Crippen molar-refractivity contribution in [3.8, 4) is 17.1 Å². The number of rotatable bonds is 3. The van der Waals surface area contributed by atoms with Crippen molar-refractivity contribution in [1.82, 2.24) is 13.7 Å². The lowest BCUT2D eigenvalue weighted by Gasteiger charge is -2.12. The van der Waals surface area contributed by atoms with Gasteiger partial charge in [-0.05, 0) is 48.5 Å². The molecule has 0 bridgehead atoms. The molecule has 0 spiro atoms. The van der Waals surface area contributed by atoms with Crippen LogP contribution in [0.4, 0.5) is 0 Å². The van der Waals surface area contributed by atoms with Crippen molar-refractivity contribution in [2.75, 3.05) is 0 Å². The molecular weight excluding hydrogens is 464 g/mol. The minimum Gasteiger partial charge on any atom is -0.307 e. The molecule has 0 unspecified atom stereocenters. The van der Waals surface area contributed by atoms with E-state index in [4.69, 9.17) is 0 Å². The van der Waals surface area contributed by atoms with Gasteiger partial charge in [0.25, 0.3) is 0 Å². The third-order valence-corrected chi connectivity index (χ3v) is 7.64. The van der Waals surface area contributed by atoms with Crippen molar-refractivity contribution < 1.29 is 4.57 Å². The summed E-state index contributed by atoms with van der Waals surface area (Å²) in [6.07, 6.45) is 6.27. The molecule has 0 saturated carbocycles. The molecule has 0 radical (unpaired) electrons. The quantitative estimate of drug-likeness (QED) is 0.229. The highest BCUT2D eigenvalue weighted by Gasteiger charge is 2.21. The second kappa shape index (κ2) is 7.95. The molecule has 180 valence electrons. The summed E-state index contributed by atoms with van der Waals surface area (Å²) in [7, 11) is 2.05. The number of fused-ring (bicyclic) bond motifs is 7. The lowest BCUT2D eigenvalue weighted by atomic mass is 10.1. The Labute approximate surface area is 219 Å². The van der Waals surface area contributed by atoms with Crippen LogP contribution in [0.2, 0.25) is 0 Å². The van der Waals surface area contributed by atoms with Crippen LogP contribution in [0.3, 0.4) is 0 Å². The molecule has 0 aliphatic rings. The number of nitrogens with zero attached hydrogens (tertiary/aromatic N) is 4. The summed E-state index contributed by atoms with van der Waals surface area (Å²) in [5, 5.41) is 5.01. The van der Waals surface area contributed by atoms with E-state index in [0.29, 0.717) is 0 Å². The fourth-order valence-electron chi connectivity index (χ4n) is 5.99. The molecule has 0 aliphatic carbocycles. The molecule has 4 heteroatoms. The number of aryl methyl sites for hydroxylation is 1. The minimum absolute atomic E-state index is 1.15. The standard InChI is InChI=1S/C34H25N4/c1-35-20-21-36(23-35)26-16-19-32-30(22-26)29-18-17-28-27-14-8-9-15-31(27)37(24-10-4-2-5-11-24)33(28)34(29)38(32)25-12-6-3-7-13-25/h2-23H,1H3/q+1. The SMILES string of the molecule is C[n+]1ccn(-c2ccc3c(c2)c2ccc4c5ccccc5n(-c5ccccc5)c4c2n3-c2ccccc2)c1. The Morgan fingerprint density at radius 3 is 1.71 bits per heavy atom. The largest absolute Gasteiger partial charge is 0.307 e. The van der Waals surface area contributed by atoms with E-state index < -0.39 is 0 Å². The zero-order chi connectivity index (χ0) is 25.2. The minimum atomic E-state index is 1.15. The van der Waals surface area contributed by atoms with Crippen LogP contribution < -0.4 is 4.57 Å². The molecular formula is C34H25N4+. The number of benzene rings is 5. The van der Waals surface area contributed by atoms with E-state index in [2.05, 4.69) is 159 Å². The molecule has 0 atom stereocenters. The maximum Gasteiger partial charge on any atom is 0.248 e. The van der Waals surface area contributed by atoms with Crippen LogP contribution >= 0.6 is 0 Å². The molecule has 8 aromatic rings. The van der Waals surface area contributed by atoms with Crippen LogP contribution in [0, 0.1) is 0 Å². The van der Waals surface area contributed by atoms with Gasteiger partial charge in [-0.3, -0.25) is 0 Å². The summed E-state index contributed by atoms with van der Waals surface area (Å²) in [6.45, 7) is 0. The molecule has 8 rings (SSSR count). The Kier molecular flexibility index (Phi) is 4.40. The van der Waals surface area contributed by atoms with Crippen molar-refractivity contribution in [2.24, 2.45) is 7.05 Å². The van der Waals surface area contributed by atoms with Crippen molar-refractivity contribution in [1.29, 1.82) is 0 Å². The van der Waals surface area contributed by atoms with Gasteiger partial charge in [-0.25, -0.2) is 9.13 Å². The third kappa shape index (κ3) is 2.94. The van der Waals surface area contributed by atoms with Crippen LogP contribution in [-0.2, 0) is 7.05 Å². The van der Waals surface area contributed by atoms with Crippen LogP contribution in [0.15, 0.2) is 134 Å². The third-order valence-electron chi connectivity index (χ3n) is 7.64. The number of aromatic nitrogens is 4. The van der Waals surface area contributed by atoms with Gasteiger partial charge < -0.3 is 9.13 Å². The maximum atomic E-state index is 2.44. The van der Waals surface area contributed by atoms with Gasteiger partial charge in [0.1, 0.15) is 18.1 Å². The Morgan fingerprint density at radius 1 is 0.500 bits per heavy atom. The predicted molar refractivity (Wildman–Crippen MR) is 156 cm³/mol. The zero-order valence-electron chi connectivity index (χ0n) is 21.0. The average molecular weight is 490 g/mol. The van der Waals surface area contributed by atoms with Gasteiger partial charge in [-0.15, -0.1) is 0 Å². The summed E-state index contributed by atoms with van der Waals surface area (Å²) in [5.41, 5.74) is 8.33. The number of imidazole rings is 1. The highest BCUT2D eigenvalue weighted by molar-refractivity contribution is 6.24. The normalized spacial score (nSPS) is 11.8. The molecule has 0 aliphatic heterocycles. The first kappa shape index (κ1) is 21.0. The van der Waals surface area contributed by atoms with Gasteiger partial charge in [0.2, 0.25) is 6.33 Å². The van der Waals surface area contributed by atoms with Gasteiger partial charge >= 0.3 is 0 Å². The summed E-state index contributed by atoms with van der Waals surface area (Å²) in [6, 6.07) is 41.6. The lowest BCUT2D eigenvalue weighted by Crippen LogP contribution is -2.23. The van der Waals surface area contributed by atoms with Gasteiger partial charge in [-0.2, -0.15) is 0 Å². The maximum absolute atomic E-state index is 2.44. The van der Waals surface area contributed by atoms with Gasteiger partial charge in [0, 0.05) is 32.9 Å². The van der Waals surface area contributed by atoms with Crippen LogP contribution in [-0.4, -0.2) is 13.7 Å². The van der Waals surface area contributed by atoms with E-state index in [1.165, 1.54) is 43.6 Å². The molecule has 3 heterocycles. The monoisotopic (exact) mass is 489 g/mol. The van der Waals surface area contributed by atoms with Gasteiger partial charge in [-0.1, -0.05) is 66.7 Å². The first-order valence-electron chi connectivity index (χ1n) is 12.9. The van der Waals surface area contributed by atoms with Crippen molar-refractivity contribution in [3.05, 3.63) is 134 Å². The van der Waals surface area contributed by atoms with E-state index in [9.17, 15) is 0 Å². The molecule has 5 aromatic carbocycles. The Hall–Kier alpha value is -5.09. The second-order valence-corrected chi connectivity index (χ2v) is 9.90. The highest BCUT2D eigenvalue weighted by atomic mass is 15.1. The summed E-state index contributed by atoms with van der Waals surface area (Å²) in [5.74, 6) is 0. The van der Waals surface area contributed by atoms with Gasteiger partial charge in [0.05, 0.1) is 29.1 Å². The molecule has 0 saturated heterocycles. The molecule has 3 aromatic heterocycles. The highest BCUT2D eigenvalue weighted by Crippen LogP contribution is 2.41. The number of hydrogen-bond donors (Lipinski definition) is 0. The molecule has 0 fully saturated rings. The van der Waals surface area contributed by atoms with E-state index in [0.717, 1.165) is 17.1 Å². The summed E-state index contributed by atoms with van der Waals surface area (Å²) in [4.78, 5) is 0. The van der Waals surface area contributed by atoms with Gasteiger partial charge in [0.15, 0.2) is 0 Å². The van der Waals surface area contributed by atoms with Crippen molar-refractivity contribution >= 4 is 43.6 Å². The molecule has 0 N–H and O–H groups in total. The predicted octanol–water partition coefficient (Wildman–Crippen LogP) is 7.50. The molecule has 0 amide bonds. The molecule has 38 heavy (non-hydrogen) atoms. The Bertz CT molecular complexity index is 2130.